The first kappa shape index (κ1) is 12.6. The van der Waals surface area contributed by atoms with E-state index in [-0.39, 0.29) is 0 Å². The highest BCUT2D eigenvalue weighted by Gasteiger charge is 2.18. The molecular weight excluding hydrogens is 180 g/mol. The summed E-state index contributed by atoms with van der Waals surface area (Å²) < 4.78 is 11.2. The lowest BCUT2D eigenvalue weighted by Gasteiger charge is -2.21. The summed E-state index contributed by atoms with van der Waals surface area (Å²) in [5, 5.41) is 0. The standard InChI is InChI=1S/C10H22O2Si/c1-7-11-10(8-9(2)3)12-13(4,5)6/h8-9H,7H2,1-6H3/b10-8+. The average Bonchev–Trinajstić information content (AvgIpc) is 1.81. The van der Waals surface area contributed by atoms with E-state index < -0.39 is 8.32 Å². The van der Waals surface area contributed by atoms with E-state index >= 15 is 0 Å². The highest BCUT2D eigenvalue weighted by molar-refractivity contribution is 6.69. The maximum Gasteiger partial charge on any atom is 0.261 e. The molecule has 0 amide bonds. The second-order valence-electron chi connectivity index (χ2n) is 4.38. The second kappa shape index (κ2) is 5.32. The van der Waals surface area contributed by atoms with Gasteiger partial charge in [0, 0.05) is 0 Å². The van der Waals surface area contributed by atoms with Crippen LogP contribution in [0.5, 0.6) is 0 Å². The van der Waals surface area contributed by atoms with Gasteiger partial charge < -0.3 is 9.16 Å². The van der Waals surface area contributed by atoms with Crippen molar-refractivity contribution in [2.24, 2.45) is 5.92 Å². The molecule has 0 spiro atoms. The van der Waals surface area contributed by atoms with Crippen LogP contribution in [0.4, 0.5) is 0 Å². The van der Waals surface area contributed by atoms with Gasteiger partial charge in [0.15, 0.2) is 0 Å². The van der Waals surface area contributed by atoms with Gasteiger partial charge in [-0.2, -0.15) is 0 Å². The zero-order chi connectivity index (χ0) is 10.5. The van der Waals surface area contributed by atoms with Gasteiger partial charge in [-0.15, -0.1) is 0 Å². The van der Waals surface area contributed by atoms with Crippen molar-refractivity contribution < 1.29 is 9.16 Å². The smallest absolute Gasteiger partial charge is 0.261 e. The molecule has 0 aromatic heterocycles. The molecule has 0 heterocycles. The quantitative estimate of drug-likeness (QED) is 0.502. The van der Waals surface area contributed by atoms with E-state index in [1.54, 1.807) is 0 Å². The molecular formula is C10H22O2Si. The summed E-state index contributed by atoms with van der Waals surface area (Å²) in [5.41, 5.74) is 0. The van der Waals surface area contributed by atoms with Crippen LogP contribution in [0.15, 0.2) is 12.0 Å². The minimum Gasteiger partial charge on any atom is -0.520 e. The predicted octanol–water partition coefficient (Wildman–Crippen LogP) is 3.37. The van der Waals surface area contributed by atoms with E-state index in [4.69, 9.17) is 9.16 Å². The molecule has 0 saturated carbocycles. The second-order valence-corrected chi connectivity index (χ2v) is 8.81. The highest BCUT2D eigenvalue weighted by atomic mass is 28.4. The Balaban J connectivity index is 4.26. The Morgan fingerprint density at radius 1 is 1.31 bits per heavy atom. The van der Waals surface area contributed by atoms with Crippen molar-refractivity contribution in [3.8, 4) is 0 Å². The number of ether oxygens (including phenoxy) is 1. The van der Waals surface area contributed by atoms with E-state index in [0.717, 1.165) is 0 Å². The predicted molar refractivity (Wildman–Crippen MR) is 59.0 cm³/mol. The third-order valence-corrected chi connectivity index (χ3v) is 1.98. The first-order chi connectivity index (χ1) is 5.85. The van der Waals surface area contributed by atoms with Gasteiger partial charge in [-0.05, 0) is 38.6 Å². The largest absolute Gasteiger partial charge is 0.520 e. The number of hydrogen-bond donors (Lipinski definition) is 0. The Labute approximate surface area is 83.1 Å². The SMILES string of the molecule is CCO/C(=C\C(C)C)O[Si](C)(C)C. The van der Waals surface area contributed by atoms with Crippen LogP contribution in [0.25, 0.3) is 0 Å². The first-order valence-electron chi connectivity index (χ1n) is 4.88. The molecule has 0 aliphatic rings. The molecule has 13 heavy (non-hydrogen) atoms. The molecule has 3 heteroatoms. The molecule has 0 bridgehead atoms. The highest BCUT2D eigenvalue weighted by Crippen LogP contribution is 2.13. The maximum atomic E-state index is 5.77. The fourth-order valence-electron chi connectivity index (χ4n) is 0.828. The lowest BCUT2D eigenvalue weighted by atomic mass is 10.2. The van der Waals surface area contributed by atoms with Gasteiger partial charge in [0.2, 0.25) is 8.32 Å². The Hall–Kier alpha value is -0.443. The minimum absolute atomic E-state index is 0.470. The van der Waals surface area contributed by atoms with Crippen LogP contribution < -0.4 is 0 Å². The Morgan fingerprint density at radius 3 is 2.15 bits per heavy atom. The minimum atomic E-state index is -1.52. The molecule has 0 aromatic rings. The Bertz CT molecular complexity index is 168. The average molecular weight is 202 g/mol. The number of hydrogen-bond acceptors (Lipinski definition) is 2. The molecule has 0 aliphatic carbocycles. The molecule has 2 nitrogen and oxygen atoms in total. The molecule has 0 rings (SSSR count). The van der Waals surface area contributed by atoms with Crippen molar-refractivity contribution in [1.82, 2.24) is 0 Å². The van der Waals surface area contributed by atoms with Crippen LogP contribution in [0.3, 0.4) is 0 Å². The molecule has 78 valence electrons. The lowest BCUT2D eigenvalue weighted by molar-refractivity contribution is 0.109. The maximum absolute atomic E-state index is 5.77. The molecule has 0 aliphatic heterocycles. The molecule has 0 saturated heterocycles. The van der Waals surface area contributed by atoms with E-state index in [2.05, 4.69) is 33.5 Å². The van der Waals surface area contributed by atoms with Gasteiger partial charge in [0.05, 0.1) is 6.61 Å². The van der Waals surface area contributed by atoms with Gasteiger partial charge in [-0.25, -0.2) is 0 Å². The summed E-state index contributed by atoms with van der Waals surface area (Å²) in [6.45, 7) is 13.3. The van der Waals surface area contributed by atoms with Crippen LogP contribution >= 0.6 is 0 Å². The molecule has 0 aromatic carbocycles. The van der Waals surface area contributed by atoms with Crippen LogP contribution in [0, 0.1) is 5.92 Å². The lowest BCUT2D eigenvalue weighted by Crippen LogP contribution is -2.25. The van der Waals surface area contributed by atoms with Crippen molar-refractivity contribution in [2.45, 2.75) is 40.4 Å². The number of allylic oxidation sites excluding steroid dienone is 1. The van der Waals surface area contributed by atoms with Crippen molar-refractivity contribution in [2.75, 3.05) is 6.61 Å². The van der Waals surface area contributed by atoms with Gasteiger partial charge in [0.1, 0.15) is 0 Å². The first-order valence-corrected chi connectivity index (χ1v) is 8.29. The summed E-state index contributed by atoms with van der Waals surface area (Å²) >= 11 is 0. The van der Waals surface area contributed by atoms with E-state index in [1.807, 2.05) is 13.0 Å². The van der Waals surface area contributed by atoms with Crippen LogP contribution in [0.1, 0.15) is 20.8 Å². The van der Waals surface area contributed by atoms with Crippen LogP contribution in [-0.4, -0.2) is 14.9 Å². The van der Waals surface area contributed by atoms with Gasteiger partial charge in [-0.1, -0.05) is 13.8 Å². The van der Waals surface area contributed by atoms with E-state index in [0.29, 0.717) is 18.5 Å². The van der Waals surface area contributed by atoms with Crippen molar-refractivity contribution >= 4 is 8.32 Å². The van der Waals surface area contributed by atoms with Crippen LogP contribution in [-0.2, 0) is 9.16 Å². The van der Waals surface area contributed by atoms with Gasteiger partial charge in [0.25, 0.3) is 5.95 Å². The van der Waals surface area contributed by atoms with Crippen molar-refractivity contribution in [3.63, 3.8) is 0 Å². The van der Waals surface area contributed by atoms with Gasteiger partial charge >= 0.3 is 0 Å². The molecule has 0 atom stereocenters. The summed E-state index contributed by atoms with van der Waals surface area (Å²) in [5.74, 6) is 1.18. The van der Waals surface area contributed by atoms with Gasteiger partial charge in [-0.3, -0.25) is 0 Å². The van der Waals surface area contributed by atoms with Crippen molar-refractivity contribution in [1.29, 1.82) is 0 Å². The van der Waals surface area contributed by atoms with E-state index in [9.17, 15) is 0 Å². The molecule has 0 radical (unpaired) electrons. The topological polar surface area (TPSA) is 18.5 Å². The van der Waals surface area contributed by atoms with Crippen molar-refractivity contribution in [3.05, 3.63) is 12.0 Å². The molecule has 0 unspecified atom stereocenters. The zero-order valence-electron chi connectivity index (χ0n) is 9.68. The molecule has 0 fully saturated rings. The van der Waals surface area contributed by atoms with E-state index in [1.165, 1.54) is 0 Å². The zero-order valence-corrected chi connectivity index (χ0v) is 10.7. The third-order valence-electron chi connectivity index (χ3n) is 1.16. The Kier molecular flexibility index (Phi) is 5.14. The summed E-state index contributed by atoms with van der Waals surface area (Å²) in [6, 6.07) is 0. The fourth-order valence-corrected chi connectivity index (χ4v) is 1.56. The summed E-state index contributed by atoms with van der Waals surface area (Å²) in [7, 11) is -1.52. The summed E-state index contributed by atoms with van der Waals surface area (Å²) in [6.07, 6.45) is 2.03. The summed E-state index contributed by atoms with van der Waals surface area (Å²) in [4.78, 5) is 0. The monoisotopic (exact) mass is 202 g/mol. The fraction of sp³-hybridized carbons (Fsp3) is 0.800. The van der Waals surface area contributed by atoms with Crippen LogP contribution in [0.2, 0.25) is 19.6 Å². The Morgan fingerprint density at radius 2 is 1.85 bits per heavy atom. The number of rotatable bonds is 5. The third kappa shape index (κ3) is 7.90. The normalized spacial score (nSPS) is 13.3. The molecule has 0 N–H and O–H groups in total.